The predicted octanol–water partition coefficient (Wildman–Crippen LogP) is 4.62. The molecule has 0 atom stereocenters. The van der Waals surface area contributed by atoms with Crippen LogP contribution < -0.4 is 25.4 Å². The number of hydrogen-bond donors (Lipinski definition) is 3. The van der Waals surface area contributed by atoms with Gasteiger partial charge in [-0.3, -0.25) is 14.9 Å². The second-order valence-electron chi connectivity index (χ2n) is 6.98. The van der Waals surface area contributed by atoms with Crippen LogP contribution in [0.1, 0.15) is 23.7 Å². The zero-order valence-electron chi connectivity index (χ0n) is 18.2. The van der Waals surface area contributed by atoms with Crippen LogP contribution in [0.5, 0.6) is 11.5 Å². The summed E-state index contributed by atoms with van der Waals surface area (Å²) in [6.45, 7) is 2.39. The number of carbonyl (C=O) groups is 2. The van der Waals surface area contributed by atoms with Crippen LogP contribution in [0, 0.1) is 0 Å². The third-order valence-electron chi connectivity index (χ3n) is 4.34. The lowest BCUT2D eigenvalue weighted by Crippen LogP contribution is -2.34. The third kappa shape index (κ3) is 7.62. The van der Waals surface area contributed by atoms with Crippen molar-refractivity contribution in [3.05, 3.63) is 84.4 Å². The molecule has 8 heteroatoms. The van der Waals surface area contributed by atoms with Gasteiger partial charge in [0, 0.05) is 11.4 Å². The number of nitrogens with one attached hydrogen (secondary N) is 3. The van der Waals surface area contributed by atoms with Crippen molar-refractivity contribution >= 4 is 40.5 Å². The highest BCUT2D eigenvalue weighted by molar-refractivity contribution is 7.80. The molecule has 3 aromatic carbocycles. The monoisotopic (exact) mass is 463 g/mol. The van der Waals surface area contributed by atoms with Gasteiger partial charge in [-0.1, -0.05) is 43.3 Å². The number of rotatable bonds is 9. The van der Waals surface area contributed by atoms with Crippen molar-refractivity contribution in [2.75, 3.05) is 23.8 Å². The van der Waals surface area contributed by atoms with E-state index < -0.39 is 0 Å². The van der Waals surface area contributed by atoms with Crippen LogP contribution in [-0.2, 0) is 4.79 Å². The average Bonchev–Trinajstić information content (AvgIpc) is 2.82. The molecule has 0 aliphatic heterocycles. The van der Waals surface area contributed by atoms with E-state index in [1.165, 1.54) is 0 Å². The molecule has 0 aromatic heterocycles. The Morgan fingerprint density at radius 3 is 2.30 bits per heavy atom. The summed E-state index contributed by atoms with van der Waals surface area (Å²) >= 11 is 5.28. The lowest BCUT2D eigenvalue weighted by Gasteiger charge is -2.13. The summed E-state index contributed by atoms with van der Waals surface area (Å²) in [7, 11) is 0. The van der Waals surface area contributed by atoms with Crippen LogP contribution in [0.3, 0.4) is 0 Å². The second kappa shape index (κ2) is 12.2. The van der Waals surface area contributed by atoms with Crippen molar-refractivity contribution in [3.63, 3.8) is 0 Å². The topological polar surface area (TPSA) is 88.7 Å². The molecule has 0 aliphatic rings. The van der Waals surface area contributed by atoms with Crippen molar-refractivity contribution in [1.82, 2.24) is 5.32 Å². The summed E-state index contributed by atoms with van der Waals surface area (Å²) in [5.41, 5.74) is 1.57. The van der Waals surface area contributed by atoms with Gasteiger partial charge in [-0.15, -0.1) is 0 Å². The highest BCUT2D eigenvalue weighted by atomic mass is 32.1. The Hall–Kier alpha value is -3.91. The molecule has 0 spiro atoms. The van der Waals surface area contributed by atoms with Crippen molar-refractivity contribution < 1.29 is 19.1 Å². The van der Waals surface area contributed by atoms with E-state index in [1.807, 2.05) is 31.2 Å². The predicted molar refractivity (Wildman–Crippen MR) is 133 cm³/mol. The quantitative estimate of drug-likeness (QED) is 0.401. The highest BCUT2D eigenvalue weighted by Gasteiger charge is 2.14. The van der Waals surface area contributed by atoms with Crippen molar-refractivity contribution in [2.24, 2.45) is 0 Å². The van der Waals surface area contributed by atoms with E-state index in [9.17, 15) is 9.59 Å². The molecule has 0 saturated carbocycles. The maximum absolute atomic E-state index is 12.6. The first kappa shape index (κ1) is 23.7. The fraction of sp³-hybridized carbons (Fsp3) is 0.160. The van der Waals surface area contributed by atoms with E-state index in [0.29, 0.717) is 35.0 Å². The molecule has 0 radical (unpaired) electrons. The molecule has 0 aliphatic carbocycles. The minimum Gasteiger partial charge on any atom is -0.493 e. The molecule has 0 saturated heterocycles. The Labute approximate surface area is 198 Å². The summed E-state index contributed by atoms with van der Waals surface area (Å²) in [6, 6.07) is 23.1. The van der Waals surface area contributed by atoms with Gasteiger partial charge in [-0.2, -0.15) is 0 Å². The first-order valence-electron chi connectivity index (χ1n) is 10.5. The second-order valence-corrected chi connectivity index (χ2v) is 7.39. The van der Waals surface area contributed by atoms with Gasteiger partial charge in [-0.05, 0) is 61.1 Å². The zero-order valence-corrected chi connectivity index (χ0v) is 19.0. The SMILES string of the molecule is CCCOc1ccccc1C(=O)NC(=S)Nc1cccc(NC(=O)COc2ccccc2)c1. The summed E-state index contributed by atoms with van der Waals surface area (Å²) < 4.78 is 11.1. The molecule has 3 N–H and O–H groups in total. The number of para-hydroxylation sites is 2. The van der Waals surface area contributed by atoms with Crippen LogP contribution in [0.4, 0.5) is 11.4 Å². The Balaban J connectivity index is 1.54. The molecule has 0 fully saturated rings. The number of ether oxygens (including phenoxy) is 2. The van der Waals surface area contributed by atoms with E-state index in [2.05, 4.69) is 16.0 Å². The zero-order chi connectivity index (χ0) is 23.5. The lowest BCUT2D eigenvalue weighted by atomic mass is 10.2. The summed E-state index contributed by atoms with van der Waals surface area (Å²) in [6.07, 6.45) is 0.835. The van der Waals surface area contributed by atoms with E-state index in [1.54, 1.807) is 54.6 Å². The van der Waals surface area contributed by atoms with Crippen LogP contribution in [-0.4, -0.2) is 30.1 Å². The van der Waals surface area contributed by atoms with Crippen LogP contribution in [0.25, 0.3) is 0 Å². The first-order valence-corrected chi connectivity index (χ1v) is 10.9. The van der Waals surface area contributed by atoms with Crippen molar-refractivity contribution in [2.45, 2.75) is 13.3 Å². The number of carbonyl (C=O) groups excluding carboxylic acids is 2. The Kier molecular flexibility index (Phi) is 8.79. The van der Waals surface area contributed by atoms with E-state index >= 15 is 0 Å². The minimum absolute atomic E-state index is 0.115. The maximum Gasteiger partial charge on any atom is 0.262 e. The molecule has 0 heterocycles. The van der Waals surface area contributed by atoms with E-state index in [0.717, 1.165) is 6.42 Å². The van der Waals surface area contributed by atoms with Gasteiger partial charge in [0.05, 0.1) is 12.2 Å². The van der Waals surface area contributed by atoms with Gasteiger partial charge in [-0.25, -0.2) is 0 Å². The lowest BCUT2D eigenvalue weighted by molar-refractivity contribution is -0.118. The Bertz CT molecular complexity index is 1110. The normalized spacial score (nSPS) is 10.1. The fourth-order valence-electron chi connectivity index (χ4n) is 2.86. The van der Waals surface area contributed by atoms with Gasteiger partial charge < -0.3 is 20.1 Å². The number of amides is 2. The summed E-state index contributed by atoms with van der Waals surface area (Å²) in [5, 5.41) is 8.50. The molecular formula is C25H25N3O4S. The molecule has 33 heavy (non-hydrogen) atoms. The molecule has 2 amide bonds. The molecule has 0 bridgehead atoms. The minimum atomic E-state index is -0.373. The first-order chi connectivity index (χ1) is 16.0. The molecule has 3 aromatic rings. The Morgan fingerprint density at radius 1 is 0.848 bits per heavy atom. The van der Waals surface area contributed by atoms with Gasteiger partial charge in [0.25, 0.3) is 11.8 Å². The number of anilines is 2. The highest BCUT2D eigenvalue weighted by Crippen LogP contribution is 2.19. The smallest absolute Gasteiger partial charge is 0.262 e. The molecular weight excluding hydrogens is 438 g/mol. The van der Waals surface area contributed by atoms with Crippen molar-refractivity contribution in [1.29, 1.82) is 0 Å². The fourth-order valence-corrected chi connectivity index (χ4v) is 3.07. The van der Waals surface area contributed by atoms with Gasteiger partial charge in [0.1, 0.15) is 11.5 Å². The largest absolute Gasteiger partial charge is 0.493 e. The van der Waals surface area contributed by atoms with E-state index in [4.69, 9.17) is 21.7 Å². The van der Waals surface area contributed by atoms with Crippen LogP contribution >= 0.6 is 12.2 Å². The average molecular weight is 464 g/mol. The Morgan fingerprint density at radius 2 is 1.55 bits per heavy atom. The van der Waals surface area contributed by atoms with Crippen LogP contribution in [0.2, 0.25) is 0 Å². The third-order valence-corrected chi connectivity index (χ3v) is 4.54. The molecule has 170 valence electrons. The van der Waals surface area contributed by atoms with Gasteiger partial charge >= 0.3 is 0 Å². The maximum atomic E-state index is 12.6. The van der Waals surface area contributed by atoms with Gasteiger partial charge in [0.2, 0.25) is 0 Å². The number of benzene rings is 3. The van der Waals surface area contributed by atoms with E-state index in [-0.39, 0.29) is 23.5 Å². The van der Waals surface area contributed by atoms with Gasteiger partial charge in [0.15, 0.2) is 11.7 Å². The molecule has 7 nitrogen and oxygen atoms in total. The number of hydrogen-bond acceptors (Lipinski definition) is 5. The summed E-state index contributed by atoms with van der Waals surface area (Å²) in [5.74, 6) is 0.449. The summed E-state index contributed by atoms with van der Waals surface area (Å²) in [4.78, 5) is 24.8. The molecule has 0 unspecified atom stereocenters. The van der Waals surface area contributed by atoms with Crippen molar-refractivity contribution in [3.8, 4) is 11.5 Å². The molecule has 3 rings (SSSR count). The van der Waals surface area contributed by atoms with Crippen LogP contribution in [0.15, 0.2) is 78.9 Å². The standard InChI is InChI=1S/C25H25N3O4S/c1-2-15-31-22-14-7-6-13-21(22)24(30)28-25(33)27-19-10-8-9-18(16-19)26-23(29)17-32-20-11-4-3-5-12-20/h3-14,16H,2,15,17H2,1H3,(H,26,29)(H2,27,28,30,33). The number of thiocarbonyl (C=S) groups is 1.